The highest BCUT2D eigenvalue weighted by Gasteiger charge is 2.21. The zero-order chi connectivity index (χ0) is 18.7. The SMILES string of the molecule is Cc1ccc(C(=O)Nc2cc(C(=O)O)ccc2N2CCC[C@H](C)C2)cc1. The summed E-state index contributed by atoms with van der Waals surface area (Å²) in [6, 6.07) is 12.3. The van der Waals surface area contributed by atoms with E-state index in [1.807, 2.05) is 19.1 Å². The lowest BCUT2D eigenvalue weighted by Gasteiger charge is -2.34. The van der Waals surface area contributed by atoms with E-state index in [2.05, 4.69) is 17.1 Å². The molecule has 1 fully saturated rings. The summed E-state index contributed by atoms with van der Waals surface area (Å²) in [6.45, 7) is 5.99. The molecule has 2 aromatic carbocycles. The fourth-order valence-corrected chi connectivity index (χ4v) is 3.35. The minimum Gasteiger partial charge on any atom is -0.478 e. The quantitative estimate of drug-likeness (QED) is 0.866. The number of carbonyl (C=O) groups is 2. The van der Waals surface area contributed by atoms with E-state index in [0.717, 1.165) is 30.8 Å². The molecule has 136 valence electrons. The molecule has 0 spiro atoms. The Balaban J connectivity index is 1.91. The summed E-state index contributed by atoms with van der Waals surface area (Å²) in [7, 11) is 0. The Morgan fingerprint density at radius 1 is 1.12 bits per heavy atom. The number of carbonyl (C=O) groups excluding carboxylic acids is 1. The van der Waals surface area contributed by atoms with Crippen molar-refractivity contribution in [1.82, 2.24) is 0 Å². The van der Waals surface area contributed by atoms with Gasteiger partial charge < -0.3 is 15.3 Å². The number of piperidine rings is 1. The van der Waals surface area contributed by atoms with E-state index in [-0.39, 0.29) is 11.5 Å². The number of carboxylic acid groups (broad SMARTS) is 1. The standard InChI is InChI=1S/C21H24N2O3/c1-14-5-7-16(8-6-14)20(24)22-18-12-17(21(25)26)9-10-19(18)23-11-3-4-15(2)13-23/h5-10,12,15H,3-4,11,13H2,1-2H3,(H,22,24)(H,25,26)/t15-/m0/s1. The van der Waals surface area contributed by atoms with Gasteiger partial charge in [0.05, 0.1) is 16.9 Å². The fraction of sp³-hybridized carbons (Fsp3) is 0.333. The molecule has 2 aromatic rings. The van der Waals surface area contributed by atoms with E-state index in [1.165, 1.54) is 6.42 Å². The van der Waals surface area contributed by atoms with Crippen LogP contribution in [0.3, 0.4) is 0 Å². The van der Waals surface area contributed by atoms with Crippen molar-refractivity contribution in [2.45, 2.75) is 26.7 Å². The summed E-state index contributed by atoms with van der Waals surface area (Å²) < 4.78 is 0. The maximum Gasteiger partial charge on any atom is 0.335 e. The van der Waals surface area contributed by atoms with Crippen LogP contribution in [0.25, 0.3) is 0 Å². The van der Waals surface area contributed by atoms with Gasteiger partial charge in [0.25, 0.3) is 5.91 Å². The van der Waals surface area contributed by atoms with E-state index in [1.54, 1.807) is 30.3 Å². The largest absolute Gasteiger partial charge is 0.478 e. The Morgan fingerprint density at radius 2 is 1.81 bits per heavy atom. The summed E-state index contributed by atoms with van der Waals surface area (Å²) in [6.07, 6.45) is 2.28. The predicted octanol–water partition coefficient (Wildman–Crippen LogP) is 4.18. The van der Waals surface area contributed by atoms with Crippen molar-refractivity contribution in [3.8, 4) is 0 Å². The summed E-state index contributed by atoms with van der Waals surface area (Å²) >= 11 is 0. The van der Waals surface area contributed by atoms with Crippen molar-refractivity contribution in [2.24, 2.45) is 5.92 Å². The van der Waals surface area contributed by atoms with Gasteiger partial charge in [-0.3, -0.25) is 4.79 Å². The van der Waals surface area contributed by atoms with Gasteiger partial charge in [-0.05, 0) is 56.0 Å². The minimum absolute atomic E-state index is 0.165. The third-order valence-electron chi connectivity index (χ3n) is 4.80. The second-order valence-electron chi connectivity index (χ2n) is 7.05. The lowest BCUT2D eigenvalue weighted by Crippen LogP contribution is -2.35. The Bertz CT molecular complexity index is 815. The van der Waals surface area contributed by atoms with Crippen LogP contribution in [0, 0.1) is 12.8 Å². The first kappa shape index (κ1) is 18.0. The van der Waals surface area contributed by atoms with Crippen molar-refractivity contribution in [3.05, 3.63) is 59.2 Å². The number of aryl methyl sites for hydroxylation is 1. The number of carboxylic acids is 1. The minimum atomic E-state index is -1.01. The van der Waals surface area contributed by atoms with Gasteiger partial charge in [0, 0.05) is 18.7 Å². The number of hydrogen-bond acceptors (Lipinski definition) is 3. The summed E-state index contributed by atoms with van der Waals surface area (Å²) in [5.41, 5.74) is 3.22. The molecule has 1 aliphatic rings. The van der Waals surface area contributed by atoms with Crippen LogP contribution >= 0.6 is 0 Å². The molecular weight excluding hydrogens is 328 g/mol. The van der Waals surface area contributed by atoms with Gasteiger partial charge in [0.1, 0.15) is 0 Å². The number of rotatable bonds is 4. The average Bonchev–Trinajstić information content (AvgIpc) is 2.62. The first-order valence-electron chi connectivity index (χ1n) is 8.94. The molecular formula is C21H24N2O3. The lowest BCUT2D eigenvalue weighted by atomic mass is 9.99. The van der Waals surface area contributed by atoms with Gasteiger partial charge in [0.15, 0.2) is 0 Å². The zero-order valence-corrected chi connectivity index (χ0v) is 15.2. The van der Waals surface area contributed by atoms with Crippen molar-refractivity contribution in [2.75, 3.05) is 23.3 Å². The van der Waals surface area contributed by atoms with Crippen molar-refractivity contribution in [1.29, 1.82) is 0 Å². The van der Waals surface area contributed by atoms with Crippen LogP contribution in [0.15, 0.2) is 42.5 Å². The number of hydrogen-bond donors (Lipinski definition) is 2. The van der Waals surface area contributed by atoms with E-state index in [4.69, 9.17) is 0 Å². The molecule has 1 aliphatic heterocycles. The number of amides is 1. The first-order valence-corrected chi connectivity index (χ1v) is 8.94. The molecule has 0 aliphatic carbocycles. The van der Waals surface area contributed by atoms with Crippen molar-refractivity contribution in [3.63, 3.8) is 0 Å². The van der Waals surface area contributed by atoms with Crippen molar-refractivity contribution < 1.29 is 14.7 Å². The zero-order valence-electron chi connectivity index (χ0n) is 15.2. The molecule has 3 rings (SSSR count). The second-order valence-corrected chi connectivity index (χ2v) is 7.05. The maximum absolute atomic E-state index is 12.6. The fourth-order valence-electron chi connectivity index (χ4n) is 3.35. The topological polar surface area (TPSA) is 69.6 Å². The van der Waals surface area contributed by atoms with Crippen LogP contribution in [-0.4, -0.2) is 30.1 Å². The molecule has 1 atom stereocenters. The molecule has 0 bridgehead atoms. The van der Waals surface area contributed by atoms with Crippen LogP contribution in [0.5, 0.6) is 0 Å². The summed E-state index contributed by atoms with van der Waals surface area (Å²) in [5.74, 6) is -0.670. The Morgan fingerprint density at radius 3 is 2.46 bits per heavy atom. The smallest absolute Gasteiger partial charge is 0.335 e. The van der Waals surface area contributed by atoms with Crippen LogP contribution in [0.1, 0.15) is 46.0 Å². The van der Waals surface area contributed by atoms with Gasteiger partial charge in [0.2, 0.25) is 0 Å². The molecule has 1 amide bonds. The normalized spacial score (nSPS) is 17.0. The van der Waals surface area contributed by atoms with E-state index < -0.39 is 5.97 Å². The van der Waals surface area contributed by atoms with Crippen LogP contribution in [0.2, 0.25) is 0 Å². The van der Waals surface area contributed by atoms with Gasteiger partial charge in [-0.15, -0.1) is 0 Å². The molecule has 5 nitrogen and oxygen atoms in total. The number of anilines is 2. The monoisotopic (exact) mass is 352 g/mol. The molecule has 1 heterocycles. The second kappa shape index (κ2) is 7.60. The molecule has 0 saturated carbocycles. The molecule has 0 aromatic heterocycles. The highest BCUT2D eigenvalue weighted by atomic mass is 16.4. The van der Waals surface area contributed by atoms with E-state index in [9.17, 15) is 14.7 Å². The Labute approximate surface area is 153 Å². The maximum atomic E-state index is 12.6. The number of benzene rings is 2. The summed E-state index contributed by atoms with van der Waals surface area (Å²) in [4.78, 5) is 26.2. The number of nitrogens with one attached hydrogen (secondary N) is 1. The van der Waals surface area contributed by atoms with E-state index >= 15 is 0 Å². The molecule has 26 heavy (non-hydrogen) atoms. The van der Waals surface area contributed by atoms with Crippen LogP contribution in [0.4, 0.5) is 11.4 Å². The van der Waals surface area contributed by atoms with E-state index in [0.29, 0.717) is 17.2 Å². The summed E-state index contributed by atoms with van der Waals surface area (Å²) in [5, 5.41) is 12.2. The third kappa shape index (κ3) is 4.04. The van der Waals surface area contributed by atoms with Gasteiger partial charge >= 0.3 is 5.97 Å². The van der Waals surface area contributed by atoms with Crippen LogP contribution in [-0.2, 0) is 0 Å². The van der Waals surface area contributed by atoms with Gasteiger partial charge in [-0.1, -0.05) is 24.6 Å². The molecule has 0 radical (unpaired) electrons. The molecule has 0 unspecified atom stereocenters. The number of nitrogens with zero attached hydrogens (tertiary/aromatic N) is 1. The van der Waals surface area contributed by atoms with Gasteiger partial charge in [-0.25, -0.2) is 4.79 Å². The van der Waals surface area contributed by atoms with Gasteiger partial charge in [-0.2, -0.15) is 0 Å². The number of aromatic carboxylic acids is 1. The lowest BCUT2D eigenvalue weighted by molar-refractivity contribution is 0.0696. The van der Waals surface area contributed by atoms with Crippen molar-refractivity contribution >= 4 is 23.3 Å². The molecule has 1 saturated heterocycles. The molecule has 2 N–H and O–H groups in total. The highest BCUT2D eigenvalue weighted by molar-refractivity contribution is 6.06. The third-order valence-corrected chi connectivity index (χ3v) is 4.80. The average molecular weight is 352 g/mol. The Hall–Kier alpha value is -2.82. The predicted molar refractivity (Wildman–Crippen MR) is 103 cm³/mol. The first-order chi connectivity index (χ1) is 12.4. The highest BCUT2D eigenvalue weighted by Crippen LogP contribution is 2.31. The molecule has 5 heteroatoms. The van der Waals surface area contributed by atoms with Crippen LogP contribution < -0.4 is 10.2 Å². The Kier molecular flexibility index (Phi) is 5.26.